The molecule has 0 fully saturated rings. The Balaban J connectivity index is 2.09. The molecule has 0 atom stereocenters. The first-order valence-electron chi connectivity index (χ1n) is 8.31. The fourth-order valence-electron chi connectivity index (χ4n) is 2.48. The molecule has 0 aliphatic heterocycles. The van der Waals surface area contributed by atoms with Gasteiger partial charge in [-0.15, -0.1) is 0 Å². The fraction of sp³-hybridized carbons (Fsp3) is 0.444. The quantitative estimate of drug-likeness (QED) is 0.693. The molecule has 1 amide bonds. The minimum Gasteiger partial charge on any atom is -0.497 e. The summed E-state index contributed by atoms with van der Waals surface area (Å²) in [5.74, 6) is 1.25. The number of amides is 1. The van der Waals surface area contributed by atoms with Crippen LogP contribution in [-0.2, 0) is 17.9 Å². The van der Waals surface area contributed by atoms with Gasteiger partial charge in [-0.1, -0.05) is 23.9 Å². The molecule has 1 aromatic carbocycles. The number of imidazole rings is 1. The number of aliphatic hydroxyl groups excluding tert-OH is 1. The van der Waals surface area contributed by atoms with E-state index in [1.807, 2.05) is 48.9 Å². The lowest BCUT2D eigenvalue weighted by molar-refractivity contribution is -0.127. The molecule has 0 aliphatic rings. The molecule has 6 nitrogen and oxygen atoms in total. The number of hydrogen-bond donors (Lipinski definition) is 1. The Morgan fingerprint density at radius 1 is 1.28 bits per heavy atom. The molecule has 25 heavy (non-hydrogen) atoms. The topological polar surface area (TPSA) is 67.6 Å². The number of aromatic nitrogens is 2. The minimum absolute atomic E-state index is 0.0968. The maximum Gasteiger partial charge on any atom is 0.233 e. The molecule has 0 unspecified atom stereocenters. The van der Waals surface area contributed by atoms with Crippen molar-refractivity contribution in [3.63, 3.8) is 0 Å². The van der Waals surface area contributed by atoms with Gasteiger partial charge in [-0.3, -0.25) is 4.79 Å². The second-order valence-corrected chi connectivity index (χ2v) is 6.45. The predicted octanol–water partition coefficient (Wildman–Crippen LogP) is 2.39. The van der Waals surface area contributed by atoms with Gasteiger partial charge in [0, 0.05) is 25.8 Å². The van der Waals surface area contributed by atoms with Crippen LogP contribution < -0.4 is 4.74 Å². The van der Waals surface area contributed by atoms with Crippen LogP contribution in [0.5, 0.6) is 5.75 Å². The summed E-state index contributed by atoms with van der Waals surface area (Å²) in [4.78, 5) is 18.4. The summed E-state index contributed by atoms with van der Waals surface area (Å²) in [6, 6.07) is 7.81. The first kappa shape index (κ1) is 19.3. The lowest BCUT2D eigenvalue weighted by atomic mass is 10.2. The van der Waals surface area contributed by atoms with E-state index in [4.69, 9.17) is 4.74 Å². The van der Waals surface area contributed by atoms with E-state index in [9.17, 15) is 9.90 Å². The van der Waals surface area contributed by atoms with E-state index in [1.54, 1.807) is 12.0 Å². The second kappa shape index (κ2) is 9.48. The molecular weight excluding hydrogens is 338 g/mol. The third-order valence-corrected chi connectivity index (χ3v) is 4.88. The van der Waals surface area contributed by atoms with Gasteiger partial charge in [0.05, 0.1) is 25.2 Å². The Hall–Kier alpha value is -1.99. The SMILES string of the molecule is CCN(CC)C(=O)CSc1nc(CO)cn1Cc1ccc(OC)cc1. The van der Waals surface area contributed by atoms with Crippen molar-refractivity contribution in [2.45, 2.75) is 32.2 Å². The van der Waals surface area contributed by atoms with Crippen LogP contribution in [0.25, 0.3) is 0 Å². The number of hydrogen-bond acceptors (Lipinski definition) is 5. The van der Waals surface area contributed by atoms with E-state index in [-0.39, 0.29) is 12.5 Å². The first-order chi connectivity index (χ1) is 12.1. The minimum atomic E-state index is -0.118. The van der Waals surface area contributed by atoms with Gasteiger partial charge in [0.2, 0.25) is 5.91 Å². The average molecular weight is 363 g/mol. The third kappa shape index (κ3) is 5.24. The van der Waals surface area contributed by atoms with Crippen molar-refractivity contribution < 1.29 is 14.6 Å². The second-order valence-electron chi connectivity index (χ2n) is 5.50. The van der Waals surface area contributed by atoms with E-state index in [2.05, 4.69) is 4.98 Å². The number of ether oxygens (including phenoxy) is 1. The van der Waals surface area contributed by atoms with Gasteiger partial charge < -0.3 is 19.3 Å². The van der Waals surface area contributed by atoms with Crippen molar-refractivity contribution in [1.82, 2.24) is 14.5 Å². The number of nitrogens with zero attached hydrogens (tertiary/aromatic N) is 3. The lowest BCUT2D eigenvalue weighted by Crippen LogP contribution is -2.31. The van der Waals surface area contributed by atoms with Crippen LogP contribution >= 0.6 is 11.8 Å². The third-order valence-electron chi connectivity index (χ3n) is 3.90. The van der Waals surface area contributed by atoms with Crippen LogP contribution in [0.15, 0.2) is 35.6 Å². The number of aliphatic hydroxyl groups is 1. The molecule has 2 rings (SSSR count). The zero-order valence-corrected chi connectivity index (χ0v) is 15.8. The summed E-state index contributed by atoms with van der Waals surface area (Å²) in [5.41, 5.74) is 1.70. The van der Waals surface area contributed by atoms with Gasteiger partial charge in [-0.2, -0.15) is 0 Å². The number of rotatable bonds is 9. The van der Waals surface area contributed by atoms with Crippen LogP contribution in [0.3, 0.4) is 0 Å². The number of benzene rings is 1. The number of carbonyl (C=O) groups is 1. The van der Waals surface area contributed by atoms with Crippen molar-refractivity contribution in [3.05, 3.63) is 41.7 Å². The number of methoxy groups -OCH3 is 1. The summed E-state index contributed by atoms with van der Waals surface area (Å²) >= 11 is 1.40. The zero-order chi connectivity index (χ0) is 18.2. The first-order valence-corrected chi connectivity index (χ1v) is 9.30. The molecule has 0 bridgehead atoms. The lowest BCUT2D eigenvalue weighted by Gasteiger charge is -2.18. The van der Waals surface area contributed by atoms with Gasteiger partial charge in [0.15, 0.2) is 5.16 Å². The van der Waals surface area contributed by atoms with Crippen LogP contribution in [0.2, 0.25) is 0 Å². The summed E-state index contributed by atoms with van der Waals surface area (Å²) < 4.78 is 7.14. The molecule has 0 saturated carbocycles. The Labute approximate surface area is 152 Å². The molecule has 2 aromatic rings. The predicted molar refractivity (Wildman–Crippen MR) is 98.9 cm³/mol. The summed E-state index contributed by atoms with van der Waals surface area (Å²) in [5, 5.41) is 10.1. The zero-order valence-electron chi connectivity index (χ0n) is 14.9. The monoisotopic (exact) mass is 363 g/mol. The van der Waals surface area contributed by atoms with Gasteiger partial charge in [0.25, 0.3) is 0 Å². The molecule has 1 heterocycles. The molecule has 1 N–H and O–H groups in total. The van der Waals surface area contributed by atoms with Crippen molar-refractivity contribution >= 4 is 17.7 Å². The van der Waals surface area contributed by atoms with Crippen LogP contribution in [-0.4, -0.2) is 51.4 Å². The van der Waals surface area contributed by atoms with Crippen molar-refractivity contribution in [1.29, 1.82) is 0 Å². The van der Waals surface area contributed by atoms with Crippen molar-refractivity contribution in [2.24, 2.45) is 0 Å². The Morgan fingerprint density at radius 3 is 2.52 bits per heavy atom. The Kier molecular flexibility index (Phi) is 7.33. The standard InChI is InChI=1S/C18H25N3O3S/c1-4-20(5-2)17(23)13-25-18-19-15(12-22)11-21(18)10-14-6-8-16(24-3)9-7-14/h6-9,11,22H,4-5,10,12-13H2,1-3H3. The van der Waals surface area contributed by atoms with Crippen molar-refractivity contribution in [3.8, 4) is 5.75 Å². The highest BCUT2D eigenvalue weighted by Crippen LogP contribution is 2.21. The van der Waals surface area contributed by atoms with Gasteiger partial charge >= 0.3 is 0 Å². The van der Waals surface area contributed by atoms with Crippen LogP contribution in [0, 0.1) is 0 Å². The molecule has 7 heteroatoms. The molecular formula is C18H25N3O3S. The van der Waals surface area contributed by atoms with Gasteiger partial charge in [-0.25, -0.2) is 4.98 Å². The van der Waals surface area contributed by atoms with Crippen LogP contribution in [0.1, 0.15) is 25.1 Å². The fourth-order valence-corrected chi connectivity index (χ4v) is 3.38. The average Bonchev–Trinajstić information content (AvgIpc) is 3.03. The summed E-state index contributed by atoms with van der Waals surface area (Å²) in [6.45, 7) is 5.86. The smallest absolute Gasteiger partial charge is 0.233 e. The highest BCUT2D eigenvalue weighted by atomic mass is 32.2. The van der Waals surface area contributed by atoms with Crippen LogP contribution in [0.4, 0.5) is 0 Å². The Morgan fingerprint density at radius 2 is 1.96 bits per heavy atom. The normalized spacial score (nSPS) is 10.7. The molecule has 1 aromatic heterocycles. The Bertz CT molecular complexity index is 681. The molecule has 0 aliphatic carbocycles. The summed E-state index contributed by atoms with van der Waals surface area (Å²) in [7, 11) is 1.64. The van der Waals surface area contributed by atoms with E-state index in [1.165, 1.54) is 11.8 Å². The highest BCUT2D eigenvalue weighted by Gasteiger charge is 2.14. The molecule has 136 valence electrons. The van der Waals surface area contributed by atoms with E-state index in [0.29, 0.717) is 31.1 Å². The largest absolute Gasteiger partial charge is 0.497 e. The summed E-state index contributed by atoms with van der Waals surface area (Å²) in [6.07, 6.45) is 1.83. The van der Waals surface area contributed by atoms with Gasteiger partial charge in [-0.05, 0) is 31.5 Å². The maximum atomic E-state index is 12.2. The molecule has 0 saturated heterocycles. The van der Waals surface area contributed by atoms with E-state index >= 15 is 0 Å². The van der Waals surface area contributed by atoms with E-state index < -0.39 is 0 Å². The highest BCUT2D eigenvalue weighted by molar-refractivity contribution is 7.99. The molecule has 0 radical (unpaired) electrons. The maximum absolute atomic E-state index is 12.2. The van der Waals surface area contributed by atoms with Gasteiger partial charge in [0.1, 0.15) is 5.75 Å². The number of carbonyl (C=O) groups excluding carboxylic acids is 1. The number of thioether (sulfide) groups is 1. The van der Waals surface area contributed by atoms with Crippen molar-refractivity contribution in [2.75, 3.05) is 26.0 Å². The van der Waals surface area contributed by atoms with E-state index in [0.717, 1.165) is 16.5 Å². The molecule has 0 spiro atoms.